The average molecular weight is 397 g/mol. The van der Waals surface area contributed by atoms with Crippen molar-refractivity contribution in [2.24, 2.45) is 5.41 Å². The Kier molecular flexibility index (Phi) is 6.54. The van der Waals surface area contributed by atoms with Crippen LogP contribution in [0.4, 0.5) is 0 Å². The summed E-state index contributed by atoms with van der Waals surface area (Å²) in [7, 11) is 1.60. The molecule has 6 nitrogen and oxygen atoms in total. The minimum Gasteiger partial charge on any atom is -0.497 e. The number of hydrogen-bond acceptors (Lipinski definition) is 4. The van der Waals surface area contributed by atoms with Crippen molar-refractivity contribution in [3.8, 4) is 5.75 Å². The Morgan fingerprint density at radius 2 is 1.86 bits per heavy atom. The number of rotatable bonds is 7. The number of methoxy groups -OCH3 is 1. The van der Waals surface area contributed by atoms with E-state index < -0.39 is 17.5 Å². The number of carboxylic acid groups (broad SMARTS) is 1. The molecule has 6 heteroatoms. The van der Waals surface area contributed by atoms with Gasteiger partial charge >= 0.3 is 5.97 Å². The number of amides is 1. The maximum absolute atomic E-state index is 12.6. The molecule has 0 aliphatic carbocycles. The van der Waals surface area contributed by atoms with Crippen molar-refractivity contribution in [3.05, 3.63) is 65.7 Å². The summed E-state index contributed by atoms with van der Waals surface area (Å²) in [4.78, 5) is 26.3. The molecule has 1 saturated heterocycles. The number of carbonyl (C=O) groups excluding carboxylic acids is 1. The van der Waals surface area contributed by atoms with E-state index in [4.69, 9.17) is 4.74 Å². The number of aliphatic carboxylic acids is 1. The summed E-state index contributed by atoms with van der Waals surface area (Å²) in [6, 6.07) is 16.9. The molecule has 2 atom stereocenters. The van der Waals surface area contributed by atoms with Gasteiger partial charge in [-0.3, -0.25) is 9.59 Å². The lowest BCUT2D eigenvalue weighted by Gasteiger charge is -2.43. The van der Waals surface area contributed by atoms with Gasteiger partial charge in [0.2, 0.25) is 5.91 Å². The number of ether oxygens (including phenoxy) is 1. The summed E-state index contributed by atoms with van der Waals surface area (Å²) in [6.07, 6.45) is 0.226. The van der Waals surface area contributed by atoms with E-state index in [1.54, 1.807) is 12.0 Å². The van der Waals surface area contributed by atoms with Crippen molar-refractivity contribution in [3.63, 3.8) is 0 Å². The Labute approximate surface area is 170 Å². The number of β-amino-alcohol motifs (C(OH)–C–C–N with tert-alkyl or cyclic N) is 1. The first-order chi connectivity index (χ1) is 13.9. The van der Waals surface area contributed by atoms with Gasteiger partial charge in [0.05, 0.1) is 13.2 Å². The van der Waals surface area contributed by atoms with Gasteiger partial charge in [0.1, 0.15) is 11.2 Å². The maximum atomic E-state index is 12.6. The molecule has 1 fully saturated rings. The van der Waals surface area contributed by atoms with E-state index in [9.17, 15) is 19.8 Å². The van der Waals surface area contributed by atoms with E-state index >= 15 is 0 Å². The summed E-state index contributed by atoms with van der Waals surface area (Å²) in [6.45, 7) is 0.364. The monoisotopic (exact) mass is 397 g/mol. The van der Waals surface area contributed by atoms with Gasteiger partial charge in [-0.15, -0.1) is 0 Å². The normalized spacial score (nSPS) is 21.6. The number of benzene rings is 2. The number of aryl methyl sites for hydroxylation is 1. The van der Waals surface area contributed by atoms with Crippen molar-refractivity contribution >= 4 is 11.9 Å². The molecule has 3 rings (SSSR count). The highest BCUT2D eigenvalue weighted by atomic mass is 16.5. The molecule has 1 amide bonds. The molecule has 0 saturated carbocycles. The molecule has 0 unspecified atom stereocenters. The standard InChI is InChI=1S/C23H27NO5/c1-29-19-9-5-8-17(14-19)10-11-21(26)24-13-12-23(22(27)28,20(25)16-24)15-18-6-3-2-4-7-18/h2-9,14,20,25H,10-13,15-16H2,1H3,(H,27,28)/t20-,23-/m1/s1. The van der Waals surface area contributed by atoms with Gasteiger partial charge in [0.15, 0.2) is 0 Å². The fraction of sp³-hybridized carbons (Fsp3) is 0.391. The Morgan fingerprint density at radius 3 is 2.52 bits per heavy atom. The van der Waals surface area contributed by atoms with E-state index in [0.717, 1.165) is 16.9 Å². The molecule has 0 radical (unpaired) electrons. The third-order valence-electron chi connectivity index (χ3n) is 5.76. The highest BCUT2D eigenvalue weighted by Gasteiger charge is 2.49. The van der Waals surface area contributed by atoms with Gasteiger partial charge in [-0.1, -0.05) is 42.5 Å². The third-order valence-corrected chi connectivity index (χ3v) is 5.76. The van der Waals surface area contributed by atoms with Crippen molar-refractivity contribution in [1.82, 2.24) is 4.90 Å². The highest BCUT2D eigenvalue weighted by Crippen LogP contribution is 2.36. The Balaban J connectivity index is 1.63. The molecule has 2 aromatic carbocycles. The molecule has 0 aromatic heterocycles. The second-order valence-electron chi connectivity index (χ2n) is 7.58. The van der Waals surface area contributed by atoms with E-state index in [0.29, 0.717) is 19.4 Å². The molecule has 29 heavy (non-hydrogen) atoms. The zero-order valence-corrected chi connectivity index (χ0v) is 16.6. The first kappa shape index (κ1) is 20.9. The number of nitrogens with zero attached hydrogens (tertiary/aromatic N) is 1. The van der Waals surface area contributed by atoms with Gasteiger partial charge in [0, 0.05) is 19.5 Å². The van der Waals surface area contributed by atoms with Gasteiger partial charge < -0.3 is 19.8 Å². The van der Waals surface area contributed by atoms with Gasteiger partial charge in [-0.05, 0) is 42.5 Å². The van der Waals surface area contributed by atoms with E-state index in [2.05, 4.69) is 0 Å². The van der Waals surface area contributed by atoms with Crippen LogP contribution in [-0.4, -0.2) is 53.3 Å². The summed E-state index contributed by atoms with van der Waals surface area (Å²) >= 11 is 0. The average Bonchev–Trinajstić information content (AvgIpc) is 2.74. The van der Waals surface area contributed by atoms with E-state index in [-0.39, 0.29) is 25.3 Å². The van der Waals surface area contributed by atoms with Crippen molar-refractivity contribution in [2.45, 2.75) is 31.8 Å². The molecule has 0 bridgehead atoms. The fourth-order valence-corrected chi connectivity index (χ4v) is 3.93. The topological polar surface area (TPSA) is 87.1 Å². The summed E-state index contributed by atoms with van der Waals surface area (Å²) in [5.41, 5.74) is 0.594. The van der Waals surface area contributed by atoms with Crippen molar-refractivity contribution < 1.29 is 24.5 Å². The molecule has 1 heterocycles. The van der Waals surface area contributed by atoms with Crippen molar-refractivity contribution in [1.29, 1.82) is 0 Å². The number of aliphatic hydroxyl groups is 1. The van der Waals surface area contributed by atoms with Crippen LogP contribution < -0.4 is 4.74 Å². The Bertz CT molecular complexity index is 853. The summed E-state index contributed by atoms with van der Waals surface area (Å²) < 4.78 is 5.20. The van der Waals surface area contributed by atoms with Crippen LogP contribution in [0.2, 0.25) is 0 Å². The molecule has 0 spiro atoms. The predicted molar refractivity (Wildman–Crippen MR) is 109 cm³/mol. The van der Waals surface area contributed by atoms with Crippen LogP contribution in [0.3, 0.4) is 0 Å². The number of piperidine rings is 1. The van der Waals surface area contributed by atoms with Crippen LogP contribution >= 0.6 is 0 Å². The summed E-state index contributed by atoms with van der Waals surface area (Å²) in [5, 5.41) is 20.6. The van der Waals surface area contributed by atoms with Crippen LogP contribution in [0.1, 0.15) is 24.0 Å². The molecule has 2 aromatic rings. The first-order valence-corrected chi connectivity index (χ1v) is 9.81. The smallest absolute Gasteiger partial charge is 0.312 e. The molecule has 2 N–H and O–H groups in total. The second-order valence-corrected chi connectivity index (χ2v) is 7.58. The minimum absolute atomic E-state index is 0.0378. The van der Waals surface area contributed by atoms with Gasteiger partial charge in [-0.25, -0.2) is 0 Å². The van der Waals surface area contributed by atoms with Crippen LogP contribution in [0.15, 0.2) is 54.6 Å². The zero-order chi connectivity index (χ0) is 20.9. The molecule has 1 aliphatic heterocycles. The first-order valence-electron chi connectivity index (χ1n) is 9.81. The third kappa shape index (κ3) is 4.77. The van der Waals surface area contributed by atoms with E-state index in [1.807, 2.05) is 54.6 Å². The largest absolute Gasteiger partial charge is 0.497 e. The lowest BCUT2D eigenvalue weighted by Crippen LogP contribution is -2.57. The zero-order valence-electron chi connectivity index (χ0n) is 16.6. The highest BCUT2D eigenvalue weighted by molar-refractivity contribution is 5.79. The fourth-order valence-electron chi connectivity index (χ4n) is 3.93. The van der Waals surface area contributed by atoms with Crippen LogP contribution in [-0.2, 0) is 22.4 Å². The molecule has 1 aliphatic rings. The molecular formula is C23H27NO5. The lowest BCUT2D eigenvalue weighted by atomic mass is 9.71. The molecular weight excluding hydrogens is 370 g/mol. The van der Waals surface area contributed by atoms with Gasteiger partial charge in [0.25, 0.3) is 0 Å². The molecule has 154 valence electrons. The maximum Gasteiger partial charge on any atom is 0.312 e. The van der Waals surface area contributed by atoms with Crippen LogP contribution in [0.25, 0.3) is 0 Å². The van der Waals surface area contributed by atoms with Crippen LogP contribution in [0, 0.1) is 5.41 Å². The summed E-state index contributed by atoms with van der Waals surface area (Å²) in [5.74, 6) is -0.349. The Hall–Kier alpha value is -2.86. The number of likely N-dealkylation sites (tertiary alicyclic amines) is 1. The number of hydrogen-bond donors (Lipinski definition) is 2. The second kappa shape index (κ2) is 9.09. The number of aliphatic hydroxyl groups excluding tert-OH is 1. The number of carbonyl (C=O) groups is 2. The SMILES string of the molecule is COc1cccc(CCC(=O)N2CC[C@](Cc3ccccc3)(C(=O)O)[C@H](O)C2)c1. The predicted octanol–water partition coefficient (Wildman–Crippen LogP) is 2.53. The van der Waals surface area contributed by atoms with E-state index in [1.165, 1.54) is 0 Å². The minimum atomic E-state index is -1.27. The lowest BCUT2D eigenvalue weighted by molar-refractivity contribution is -0.166. The van der Waals surface area contributed by atoms with Crippen molar-refractivity contribution in [2.75, 3.05) is 20.2 Å². The van der Waals surface area contributed by atoms with Crippen LogP contribution in [0.5, 0.6) is 5.75 Å². The van der Waals surface area contributed by atoms with Gasteiger partial charge in [-0.2, -0.15) is 0 Å². The Morgan fingerprint density at radius 1 is 1.14 bits per heavy atom. The quantitative estimate of drug-likeness (QED) is 0.750. The number of carboxylic acids is 1.